The molecule has 0 atom stereocenters. The number of nitrogens with zero attached hydrogens (tertiary/aromatic N) is 1. The number of carbonyl (C=O) groups is 1. The van der Waals surface area contributed by atoms with E-state index in [1.807, 2.05) is 30.3 Å². The first kappa shape index (κ1) is 17.1. The van der Waals surface area contributed by atoms with Crippen LogP contribution in [0.15, 0.2) is 53.1 Å². The predicted octanol–water partition coefficient (Wildman–Crippen LogP) is 4.30. The van der Waals surface area contributed by atoms with Gasteiger partial charge in [-0.15, -0.1) is 0 Å². The first-order valence-electron chi connectivity index (χ1n) is 7.44. The zero-order chi connectivity index (χ0) is 17.8. The number of aromatic nitrogens is 1. The molecular weight excluding hydrogens is 347 g/mol. The van der Waals surface area contributed by atoms with E-state index in [-0.39, 0.29) is 34.2 Å². The van der Waals surface area contributed by atoms with E-state index in [4.69, 9.17) is 21.0 Å². The van der Waals surface area contributed by atoms with Gasteiger partial charge in [-0.2, -0.15) is 0 Å². The quantitative estimate of drug-likeness (QED) is 0.689. The highest BCUT2D eigenvalue weighted by Crippen LogP contribution is 2.33. The molecule has 5 nitrogen and oxygen atoms in total. The Morgan fingerprint density at radius 2 is 2.00 bits per heavy atom. The van der Waals surface area contributed by atoms with E-state index in [0.29, 0.717) is 0 Å². The van der Waals surface area contributed by atoms with Gasteiger partial charge in [-0.1, -0.05) is 53.2 Å². The molecule has 7 heteroatoms. The number of hydrogen-bond acceptors (Lipinski definition) is 4. The van der Waals surface area contributed by atoms with Crippen LogP contribution in [0.3, 0.4) is 0 Å². The zero-order valence-corrected chi connectivity index (χ0v) is 14.0. The third-order valence-corrected chi connectivity index (χ3v) is 3.85. The molecule has 0 bridgehead atoms. The first-order valence-corrected chi connectivity index (χ1v) is 7.82. The molecule has 0 radical (unpaired) electrons. The van der Waals surface area contributed by atoms with Gasteiger partial charge in [-0.05, 0) is 24.6 Å². The van der Waals surface area contributed by atoms with E-state index < -0.39 is 11.7 Å². The molecule has 0 saturated carbocycles. The van der Waals surface area contributed by atoms with Crippen molar-refractivity contribution in [2.24, 2.45) is 0 Å². The lowest BCUT2D eigenvalue weighted by Crippen LogP contribution is -2.24. The summed E-state index contributed by atoms with van der Waals surface area (Å²) in [6.45, 7) is 1.74. The van der Waals surface area contributed by atoms with Crippen LogP contribution in [0.2, 0.25) is 5.02 Å². The van der Waals surface area contributed by atoms with Crippen molar-refractivity contribution in [3.05, 3.63) is 76.3 Å². The van der Waals surface area contributed by atoms with E-state index >= 15 is 0 Å². The smallest absolute Gasteiger partial charge is 0.280 e. The summed E-state index contributed by atoms with van der Waals surface area (Å²) in [4.78, 5) is 17.6. The molecule has 3 aromatic rings. The van der Waals surface area contributed by atoms with Crippen LogP contribution in [0.1, 0.15) is 21.7 Å². The molecule has 0 aliphatic rings. The Balaban J connectivity index is 1.81. The maximum absolute atomic E-state index is 14.1. The average molecular weight is 361 g/mol. The van der Waals surface area contributed by atoms with Crippen LogP contribution in [0.5, 0.6) is 0 Å². The molecule has 1 aromatic heterocycles. The third-order valence-electron chi connectivity index (χ3n) is 3.54. The number of carbonyl (C=O) groups excluding carboxylic acids is 1. The van der Waals surface area contributed by atoms with Crippen molar-refractivity contribution in [1.82, 2.24) is 10.6 Å². The summed E-state index contributed by atoms with van der Waals surface area (Å²) >= 11 is 6.05. The van der Waals surface area contributed by atoms with Crippen LogP contribution in [0.4, 0.5) is 4.39 Å². The lowest BCUT2D eigenvalue weighted by Gasteiger charge is -2.08. The number of rotatable bonds is 5. The summed E-state index contributed by atoms with van der Waals surface area (Å²) in [6, 6.07) is 13.6. The highest BCUT2D eigenvalue weighted by molar-refractivity contribution is 6.33. The fourth-order valence-electron chi connectivity index (χ4n) is 2.34. The molecule has 0 fully saturated rings. The van der Waals surface area contributed by atoms with E-state index in [1.165, 1.54) is 18.2 Å². The second-order valence-corrected chi connectivity index (χ2v) is 5.67. The fraction of sp³-hybridized carbons (Fsp3) is 0.111. The van der Waals surface area contributed by atoms with Crippen molar-refractivity contribution in [2.45, 2.75) is 13.5 Å². The molecular formula is C18H14ClFN2O3. The van der Waals surface area contributed by atoms with Gasteiger partial charge in [-0.3, -0.25) is 9.63 Å². The SMILES string of the molecule is Cc1onc(-c2c(F)cccc2Cl)c1C(=O)NOCc1ccccc1. The molecule has 0 aliphatic heterocycles. The van der Waals surface area contributed by atoms with Crippen molar-refractivity contribution < 1.29 is 18.5 Å². The van der Waals surface area contributed by atoms with Gasteiger partial charge in [-0.25, -0.2) is 9.87 Å². The molecule has 2 aromatic carbocycles. The molecule has 25 heavy (non-hydrogen) atoms. The van der Waals surface area contributed by atoms with Gasteiger partial charge < -0.3 is 4.52 Å². The minimum Gasteiger partial charge on any atom is -0.360 e. The third kappa shape index (κ3) is 3.70. The first-order chi connectivity index (χ1) is 12.1. The Morgan fingerprint density at radius 3 is 2.72 bits per heavy atom. The summed E-state index contributed by atoms with van der Waals surface area (Å²) in [5.41, 5.74) is 3.32. The topological polar surface area (TPSA) is 64.4 Å². The normalized spacial score (nSPS) is 10.7. The fourth-order valence-corrected chi connectivity index (χ4v) is 2.60. The van der Waals surface area contributed by atoms with Crippen LogP contribution in [-0.2, 0) is 11.4 Å². The van der Waals surface area contributed by atoms with E-state index in [2.05, 4.69) is 10.6 Å². The molecule has 3 rings (SSSR count). The summed E-state index contributed by atoms with van der Waals surface area (Å²) < 4.78 is 19.2. The standard InChI is InChI=1S/C18H14ClFN2O3/c1-11-15(18(23)22-24-10-12-6-3-2-4-7-12)17(21-25-11)16-13(19)8-5-9-14(16)20/h2-9H,10H2,1H3,(H,22,23). The molecule has 1 N–H and O–H groups in total. The Hall–Kier alpha value is -2.70. The molecule has 128 valence electrons. The lowest BCUT2D eigenvalue weighted by molar-refractivity contribution is 0.0233. The summed E-state index contributed by atoms with van der Waals surface area (Å²) in [5.74, 6) is -0.959. The molecule has 0 saturated heterocycles. The van der Waals surface area contributed by atoms with Crippen molar-refractivity contribution in [3.8, 4) is 11.3 Å². The second-order valence-electron chi connectivity index (χ2n) is 5.26. The maximum Gasteiger partial charge on any atom is 0.280 e. The van der Waals surface area contributed by atoms with Crippen molar-refractivity contribution >= 4 is 17.5 Å². The summed E-state index contributed by atoms with van der Waals surface area (Å²) in [5, 5.41) is 3.91. The van der Waals surface area contributed by atoms with Crippen LogP contribution in [0.25, 0.3) is 11.3 Å². The van der Waals surface area contributed by atoms with E-state index in [9.17, 15) is 9.18 Å². The lowest BCUT2D eigenvalue weighted by atomic mass is 10.1. The van der Waals surface area contributed by atoms with Crippen LogP contribution in [0, 0.1) is 12.7 Å². The highest BCUT2D eigenvalue weighted by Gasteiger charge is 2.25. The molecule has 1 heterocycles. The number of aryl methyl sites for hydroxylation is 1. The Morgan fingerprint density at radius 1 is 1.24 bits per heavy atom. The van der Waals surface area contributed by atoms with Crippen molar-refractivity contribution in [3.63, 3.8) is 0 Å². The zero-order valence-electron chi connectivity index (χ0n) is 13.3. The Bertz CT molecular complexity index is 876. The summed E-state index contributed by atoms with van der Waals surface area (Å²) in [6.07, 6.45) is 0. The average Bonchev–Trinajstić information content (AvgIpc) is 2.97. The van der Waals surface area contributed by atoms with E-state index in [1.54, 1.807) is 6.92 Å². The molecule has 0 unspecified atom stereocenters. The minimum absolute atomic E-state index is 0.00854. The Labute approximate surface area is 148 Å². The monoisotopic (exact) mass is 360 g/mol. The number of halogens is 2. The number of hydrogen-bond donors (Lipinski definition) is 1. The molecule has 1 amide bonds. The number of amides is 1. The second kappa shape index (κ2) is 7.46. The van der Waals surface area contributed by atoms with Crippen LogP contribution >= 0.6 is 11.6 Å². The number of benzene rings is 2. The summed E-state index contributed by atoms with van der Waals surface area (Å²) in [7, 11) is 0. The predicted molar refractivity (Wildman–Crippen MR) is 90.3 cm³/mol. The Kier molecular flexibility index (Phi) is 5.11. The van der Waals surface area contributed by atoms with Crippen LogP contribution < -0.4 is 5.48 Å². The number of hydroxylamine groups is 1. The van der Waals surface area contributed by atoms with Gasteiger partial charge in [0.2, 0.25) is 0 Å². The van der Waals surface area contributed by atoms with Gasteiger partial charge in [0.15, 0.2) is 0 Å². The largest absolute Gasteiger partial charge is 0.360 e. The molecule has 0 aliphatic carbocycles. The van der Waals surface area contributed by atoms with Gasteiger partial charge in [0.05, 0.1) is 17.2 Å². The number of nitrogens with one attached hydrogen (secondary N) is 1. The van der Waals surface area contributed by atoms with Crippen molar-refractivity contribution in [2.75, 3.05) is 0 Å². The van der Waals surface area contributed by atoms with Gasteiger partial charge in [0.25, 0.3) is 5.91 Å². The van der Waals surface area contributed by atoms with Gasteiger partial charge in [0.1, 0.15) is 22.8 Å². The minimum atomic E-state index is -0.597. The van der Waals surface area contributed by atoms with Crippen LogP contribution in [-0.4, -0.2) is 11.1 Å². The van der Waals surface area contributed by atoms with Gasteiger partial charge in [0, 0.05) is 0 Å². The van der Waals surface area contributed by atoms with Crippen molar-refractivity contribution in [1.29, 1.82) is 0 Å². The van der Waals surface area contributed by atoms with Gasteiger partial charge >= 0.3 is 0 Å². The molecule has 0 spiro atoms. The maximum atomic E-state index is 14.1. The highest BCUT2D eigenvalue weighted by atomic mass is 35.5. The van der Waals surface area contributed by atoms with E-state index in [0.717, 1.165) is 5.56 Å².